The Labute approximate surface area is 310 Å². The van der Waals surface area contributed by atoms with Gasteiger partial charge in [0.2, 0.25) is 0 Å². The van der Waals surface area contributed by atoms with Crippen molar-refractivity contribution < 1.29 is 20.1 Å². The summed E-state index contributed by atoms with van der Waals surface area (Å²) in [5.74, 6) is 0. The number of rotatable bonds is 3. The molecule has 4 aromatic heterocycles. The monoisotopic (exact) mass is 834 g/mol. The summed E-state index contributed by atoms with van der Waals surface area (Å²) in [7, 11) is 0. The molecule has 4 heterocycles. The van der Waals surface area contributed by atoms with Crippen LogP contribution in [0.3, 0.4) is 0 Å². The Morgan fingerprint density at radius 2 is 1.38 bits per heavy atom. The van der Waals surface area contributed by atoms with Crippen LogP contribution in [0.1, 0.15) is 79.0 Å². The summed E-state index contributed by atoms with van der Waals surface area (Å²) in [6, 6.07) is 36.7. The van der Waals surface area contributed by atoms with Crippen LogP contribution >= 0.6 is 0 Å². The second kappa shape index (κ2) is 13.2. The zero-order valence-corrected chi connectivity index (χ0v) is 33.2. The quantitative estimate of drug-likeness (QED) is 0.101. The molecule has 0 atom stereocenters. The van der Waals surface area contributed by atoms with Gasteiger partial charge >= 0.3 is 0 Å². The number of fused-ring (bicyclic) bond motifs is 5. The van der Waals surface area contributed by atoms with E-state index in [0.717, 1.165) is 35.0 Å². The molecular formula is C46H47IrN3-2. The van der Waals surface area contributed by atoms with Gasteiger partial charge in [-0.1, -0.05) is 104 Å². The zero-order chi connectivity index (χ0) is 34.7. The van der Waals surface area contributed by atoms with Crippen molar-refractivity contribution >= 4 is 49.0 Å². The molecule has 0 aliphatic heterocycles. The van der Waals surface area contributed by atoms with Crippen molar-refractivity contribution in [3.63, 3.8) is 0 Å². The number of benzene rings is 4. The molecule has 4 heteroatoms. The molecule has 8 aromatic rings. The predicted octanol–water partition coefficient (Wildman–Crippen LogP) is 12.2. The Balaban J connectivity index is 0.000000215. The minimum Gasteiger partial charge on any atom is -0.351 e. The van der Waals surface area contributed by atoms with Crippen molar-refractivity contribution in [2.24, 2.45) is 10.8 Å². The molecule has 0 saturated heterocycles. The van der Waals surface area contributed by atoms with Crippen LogP contribution in [-0.4, -0.2) is 14.4 Å². The largest absolute Gasteiger partial charge is 0.351 e. The maximum absolute atomic E-state index is 5.08. The van der Waals surface area contributed by atoms with E-state index in [1.807, 2.05) is 30.5 Å². The van der Waals surface area contributed by atoms with Gasteiger partial charge in [0, 0.05) is 43.5 Å². The van der Waals surface area contributed by atoms with Crippen LogP contribution in [-0.2, 0) is 38.4 Å². The number of pyridine rings is 3. The van der Waals surface area contributed by atoms with Crippen LogP contribution in [0.4, 0.5) is 0 Å². The summed E-state index contributed by atoms with van der Waals surface area (Å²) < 4.78 is 2.47. The minimum absolute atomic E-state index is 0. The standard InChI is InChI=1S/C31H31N2.C15H16N.Ir/c1-30(2,3)16-19-14-24-20(17-31(4,5)6)18-32-28-23-12-9-11-22-21-10-7-8-13-25(21)33(29(22)23)26(15-19)27(24)28;1-15(2,3)13-9-10-14(16-11-13)12-7-5-4-6-8-12;/h7-11,13-15,18H,16-17H2,1-6H3;4-7,9-11H,1-3H3;/q2*-1;. The number of nitrogens with zero attached hydrogens (tertiary/aromatic N) is 3. The Kier molecular flexibility index (Phi) is 9.44. The average molecular weight is 834 g/mol. The first kappa shape index (κ1) is 35.7. The van der Waals surface area contributed by atoms with E-state index in [1.165, 1.54) is 54.8 Å². The topological polar surface area (TPSA) is 30.2 Å². The van der Waals surface area contributed by atoms with E-state index in [9.17, 15) is 0 Å². The van der Waals surface area contributed by atoms with Crippen molar-refractivity contribution in [2.45, 2.75) is 80.6 Å². The van der Waals surface area contributed by atoms with Gasteiger partial charge in [-0.25, -0.2) is 0 Å². The molecule has 0 saturated carbocycles. The Morgan fingerprint density at radius 1 is 0.640 bits per heavy atom. The van der Waals surface area contributed by atoms with Gasteiger partial charge in [0.25, 0.3) is 0 Å². The molecule has 1 radical (unpaired) electrons. The fourth-order valence-corrected chi connectivity index (χ4v) is 7.19. The Hall–Kier alpha value is -4.11. The molecule has 50 heavy (non-hydrogen) atoms. The van der Waals surface area contributed by atoms with Gasteiger partial charge in [0.05, 0.1) is 0 Å². The van der Waals surface area contributed by atoms with Crippen molar-refractivity contribution in [3.05, 3.63) is 126 Å². The summed E-state index contributed by atoms with van der Waals surface area (Å²) in [5, 5.41) is 6.30. The first-order valence-electron chi connectivity index (χ1n) is 17.5. The van der Waals surface area contributed by atoms with Gasteiger partial charge in [0.15, 0.2) is 0 Å². The summed E-state index contributed by atoms with van der Waals surface area (Å²) in [4.78, 5) is 9.56. The molecule has 0 bridgehead atoms. The number of hydrogen-bond donors (Lipinski definition) is 0. The van der Waals surface area contributed by atoms with Crippen molar-refractivity contribution in [3.8, 4) is 11.3 Å². The molecule has 0 aliphatic carbocycles. The predicted molar refractivity (Wildman–Crippen MR) is 209 cm³/mol. The van der Waals surface area contributed by atoms with Gasteiger partial charge < -0.3 is 14.4 Å². The van der Waals surface area contributed by atoms with Crippen LogP contribution in [0.15, 0.2) is 97.3 Å². The molecule has 257 valence electrons. The Bertz CT molecular complexity index is 2420. The molecule has 0 amide bonds. The van der Waals surface area contributed by atoms with Crippen LogP contribution in [0, 0.1) is 23.0 Å². The van der Waals surface area contributed by atoms with Crippen molar-refractivity contribution in [1.29, 1.82) is 0 Å². The van der Waals surface area contributed by atoms with E-state index in [0.29, 0.717) is 0 Å². The fraction of sp³-hybridized carbons (Fsp3) is 0.304. The number of aromatic nitrogens is 3. The SMILES string of the molecule is CC(C)(C)Cc1cc2c(CC(C)(C)C)cnc3c4[c-]ccc5c6ccccc6n(c(c1)c23)c45.CC(C)(C)c1ccc(-c2[c-]cccc2)nc1.[Ir]. The molecule has 8 rings (SSSR count). The van der Waals surface area contributed by atoms with Gasteiger partial charge in [-0.2, -0.15) is 0 Å². The Morgan fingerprint density at radius 3 is 2.04 bits per heavy atom. The normalized spacial score (nSPS) is 12.5. The molecule has 0 fully saturated rings. The summed E-state index contributed by atoms with van der Waals surface area (Å²) in [5.41, 5.74) is 11.4. The maximum atomic E-state index is 5.08. The molecule has 0 unspecified atom stereocenters. The smallest absolute Gasteiger partial charge is 0.0435 e. The zero-order valence-electron chi connectivity index (χ0n) is 30.8. The van der Waals surface area contributed by atoms with Gasteiger partial charge in [-0.05, 0) is 90.8 Å². The second-order valence-corrected chi connectivity index (χ2v) is 17.1. The average Bonchev–Trinajstić information content (AvgIpc) is 3.38. The molecular weight excluding hydrogens is 787 g/mol. The van der Waals surface area contributed by atoms with Crippen LogP contribution in [0.5, 0.6) is 0 Å². The van der Waals surface area contributed by atoms with Crippen molar-refractivity contribution in [1.82, 2.24) is 14.4 Å². The molecule has 0 aliphatic rings. The van der Waals surface area contributed by atoms with E-state index in [1.54, 1.807) is 0 Å². The van der Waals surface area contributed by atoms with Crippen LogP contribution in [0.25, 0.3) is 60.3 Å². The summed E-state index contributed by atoms with van der Waals surface area (Å²) in [6.07, 6.45) is 6.12. The van der Waals surface area contributed by atoms with Crippen LogP contribution in [0.2, 0.25) is 0 Å². The van der Waals surface area contributed by atoms with Gasteiger partial charge in [-0.15, -0.1) is 59.5 Å². The third-order valence-corrected chi connectivity index (χ3v) is 9.29. The molecule has 3 nitrogen and oxygen atoms in total. The maximum Gasteiger partial charge on any atom is 0.0435 e. The molecule has 4 aromatic carbocycles. The summed E-state index contributed by atoms with van der Waals surface area (Å²) >= 11 is 0. The first-order valence-corrected chi connectivity index (χ1v) is 17.5. The molecule has 0 spiro atoms. The van der Waals surface area contributed by atoms with E-state index in [2.05, 4.69) is 151 Å². The van der Waals surface area contributed by atoms with E-state index < -0.39 is 0 Å². The van der Waals surface area contributed by atoms with Crippen LogP contribution < -0.4 is 0 Å². The van der Waals surface area contributed by atoms with Crippen molar-refractivity contribution in [2.75, 3.05) is 0 Å². The fourth-order valence-electron chi connectivity index (χ4n) is 7.19. The van der Waals surface area contributed by atoms with Gasteiger partial charge in [0.1, 0.15) is 0 Å². The number of hydrogen-bond acceptors (Lipinski definition) is 2. The van der Waals surface area contributed by atoms with E-state index in [4.69, 9.17) is 4.98 Å². The third-order valence-electron chi connectivity index (χ3n) is 9.29. The number of para-hydroxylation sites is 1. The van der Waals surface area contributed by atoms with E-state index >= 15 is 0 Å². The van der Waals surface area contributed by atoms with E-state index in [-0.39, 0.29) is 36.4 Å². The molecule has 0 N–H and O–H groups in total. The second-order valence-electron chi connectivity index (χ2n) is 17.1. The minimum atomic E-state index is 0. The van der Waals surface area contributed by atoms with Gasteiger partial charge in [-0.3, -0.25) is 0 Å². The summed E-state index contributed by atoms with van der Waals surface area (Å²) in [6.45, 7) is 20.5. The first-order chi connectivity index (χ1) is 23.2. The third kappa shape index (κ3) is 6.94.